The predicted octanol–water partition coefficient (Wildman–Crippen LogP) is 2.70. The van der Waals surface area contributed by atoms with Crippen LogP contribution < -0.4 is 11.1 Å². The maximum Gasteiger partial charge on any atom is 0.416 e. The second kappa shape index (κ2) is 9.45. The van der Waals surface area contributed by atoms with Crippen LogP contribution in [-0.4, -0.2) is 21.1 Å². The molecule has 0 saturated heterocycles. The van der Waals surface area contributed by atoms with Crippen molar-refractivity contribution in [3.63, 3.8) is 0 Å². The van der Waals surface area contributed by atoms with E-state index in [0.717, 1.165) is 12.1 Å². The Morgan fingerprint density at radius 2 is 1.96 bits per heavy atom. The van der Waals surface area contributed by atoms with Gasteiger partial charge in [0.2, 0.25) is 5.91 Å². The van der Waals surface area contributed by atoms with Crippen molar-refractivity contribution >= 4 is 36.4 Å². The number of H-pyrrole nitrogens is 1. The molecule has 6 nitrogen and oxygen atoms in total. The summed E-state index contributed by atoms with van der Waals surface area (Å²) in [6, 6.07) is 3.26. The second-order valence-electron chi connectivity index (χ2n) is 4.60. The number of aryl methyl sites for hydroxylation is 1. The molecule has 2 rings (SSSR count). The molecule has 0 aliphatic heterocycles. The van der Waals surface area contributed by atoms with Crippen LogP contribution in [0.15, 0.2) is 24.5 Å². The molecule has 1 aromatic heterocycles. The summed E-state index contributed by atoms with van der Waals surface area (Å²) in [5.74, 6) is 0.112. The lowest BCUT2D eigenvalue weighted by Crippen LogP contribution is -2.15. The first kappa shape index (κ1) is 22.2. The molecule has 1 aromatic carbocycles. The first-order valence-electron chi connectivity index (χ1n) is 6.44. The Morgan fingerprint density at radius 1 is 1.25 bits per heavy atom. The number of hydrogen-bond donors (Lipinski definition) is 3. The van der Waals surface area contributed by atoms with Crippen molar-refractivity contribution in [1.82, 2.24) is 15.2 Å². The number of alkyl halides is 3. The van der Waals surface area contributed by atoms with E-state index in [1.807, 2.05) is 0 Å². The van der Waals surface area contributed by atoms with Crippen molar-refractivity contribution in [3.8, 4) is 0 Å². The number of carbonyl (C=O) groups is 1. The smallest absolute Gasteiger partial charge is 0.326 e. The van der Waals surface area contributed by atoms with E-state index in [-0.39, 0.29) is 43.5 Å². The summed E-state index contributed by atoms with van der Waals surface area (Å²) in [7, 11) is 0. The number of aromatic nitrogens is 3. The summed E-state index contributed by atoms with van der Waals surface area (Å²) >= 11 is 0. The minimum Gasteiger partial charge on any atom is -0.326 e. The number of halogens is 5. The molecule has 0 fully saturated rings. The molecular weight excluding hydrogens is 370 g/mol. The van der Waals surface area contributed by atoms with Gasteiger partial charge in [-0.1, -0.05) is 0 Å². The number of nitrogens with zero attached hydrogens (tertiary/aromatic N) is 2. The molecule has 0 aliphatic carbocycles. The molecule has 2 aromatic rings. The van der Waals surface area contributed by atoms with Gasteiger partial charge in [-0.05, 0) is 23.8 Å². The molecule has 1 amide bonds. The van der Waals surface area contributed by atoms with Crippen LogP contribution in [0.2, 0.25) is 0 Å². The fraction of sp³-hybridized carbons (Fsp3) is 0.308. The average molecular weight is 386 g/mol. The largest absolute Gasteiger partial charge is 0.416 e. The maximum atomic E-state index is 12.8. The molecule has 0 aliphatic rings. The van der Waals surface area contributed by atoms with Gasteiger partial charge in [0.05, 0.1) is 5.56 Å². The van der Waals surface area contributed by atoms with Gasteiger partial charge in [0, 0.05) is 25.1 Å². The number of amides is 1. The van der Waals surface area contributed by atoms with Crippen LogP contribution in [0.5, 0.6) is 0 Å². The van der Waals surface area contributed by atoms with Gasteiger partial charge < -0.3 is 11.1 Å². The van der Waals surface area contributed by atoms with Gasteiger partial charge in [0.1, 0.15) is 12.2 Å². The van der Waals surface area contributed by atoms with E-state index >= 15 is 0 Å². The molecule has 4 N–H and O–H groups in total. The standard InChI is InChI=1S/C13H14F3N5O.2ClH/c14-13(15,16)9-3-8(6-17)4-10(5-9)20-12(22)2-1-11-18-7-19-21-11;;/h3-5,7H,1-2,6,17H2,(H,20,22)(H,18,19,21);2*1H. The SMILES string of the molecule is Cl.Cl.NCc1cc(NC(=O)CCc2ncn[nH]2)cc(C(F)(F)F)c1. The van der Waals surface area contributed by atoms with Crippen molar-refractivity contribution in [3.05, 3.63) is 41.5 Å². The fourth-order valence-electron chi connectivity index (χ4n) is 1.85. The second-order valence-corrected chi connectivity index (χ2v) is 4.60. The normalized spacial score (nSPS) is 10.5. The lowest BCUT2D eigenvalue weighted by molar-refractivity contribution is -0.137. The minimum atomic E-state index is -4.50. The van der Waals surface area contributed by atoms with Gasteiger partial charge in [0.15, 0.2) is 0 Å². The van der Waals surface area contributed by atoms with E-state index in [2.05, 4.69) is 20.5 Å². The number of nitrogens with two attached hydrogens (primary N) is 1. The number of aromatic amines is 1. The van der Waals surface area contributed by atoms with Crippen molar-refractivity contribution in [2.75, 3.05) is 5.32 Å². The molecular formula is C13H16Cl2F3N5O. The Bertz CT molecular complexity index is 650. The van der Waals surface area contributed by atoms with E-state index in [0.29, 0.717) is 17.8 Å². The van der Waals surface area contributed by atoms with Crippen LogP contribution in [-0.2, 0) is 23.9 Å². The highest BCUT2D eigenvalue weighted by Gasteiger charge is 2.31. The van der Waals surface area contributed by atoms with Crippen molar-refractivity contribution in [2.45, 2.75) is 25.6 Å². The zero-order valence-electron chi connectivity index (χ0n) is 12.3. The molecule has 134 valence electrons. The first-order valence-corrected chi connectivity index (χ1v) is 6.44. The lowest BCUT2D eigenvalue weighted by Gasteiger charge is -2.12. The molecule has 1 heterocycles. The van der Waals surface area contributed by atoms with E-state index in [9.17, 15) is 18.0 Å². The van der Waals surface area contributed by atoms with E-state index in [1.165, 1.54) is 12.4 Å². The van der Waals surface area contributed by atoms with Crippen LogP contribution in [0.25, 0.3) is 0 Å². The van der Waals surface area contributed by atoms with Crippen LogP contribution in [0, 0.1) is 0 Å². The van der Waals surface area contributed by atoms with Gasteiger partial charge >= 0.3 is 6.18 Å². The van der Waals surface area contributed by atoms with Crippen molar-refractivity contribution in [2.24, 2.45) is 5.73 Å². The number of carbonyl (C=O) groups excluding carboxylic acids is 1. The minimum absolute atomic E-state index is 0. The Hall–Kier alpha value is -1.84. The molecule has 11 heteroatoms. The first-order chi connectivity index (χ1) is 10.4. The third-order valence-corrected chi connectivity index (χ3v) is 2.89. The lowest BCUT2D eigenvalue weighted by atomic mass is 10.1. The topological polar surface area (TPSA) is 96.7 Å². The summed E-state index contributed by atoms with van der Waals surface area (Å²) in [4.78, 5) is 15.6. The molecule has 0 atom stereocenters. The monoisotopic (exact) mass is 385 g/mol. The van der Waals surface area contributed by atoms with E-state index in [4.69, 9.17) is 5.73 Å². The van der Waals surface area contributed by atoms with Crippen LogP contribution in [0.1, 0.15) is 23.4 Å². The quantitative estimate of drug-likeness (QED) is 0.736. The fourth-order valence-corrected chi connectivity index (χ4v) is 1.85. The summed E-state index contributed by atoms with van der Waals surface area (Å²) in [5, 5.41) is 8.67. The van der Waals surface area contributed by atoms with Gasteiger partial charge in [0.25, 0.3) is 0 Å². The Kier molecular flexibility index (Phi) is 8.73. The van der Waals surface area contributed by atoms with Gasteiger partial charge in [-0.2, -0.15) is 18.3 Å². The number of rotatable bonds is 5. The van der Waals surface area contributed by atoms with Crippen LogP contribution >= 0.6 is 24.8 Å². The number of nitrogens with one attached hydrogen (secondary N) is 2. The van der Waals surface area contributed by atoms with Gasteiger partial charge in [-0.25, -0.2) is 4.98 Å². The van der Waals surface area contributed by atoms with Crippen molar-refractivity contribution < 1.29 is 18.0 Å². The third kappa shape index (κ3) is 6.34. The zero-order chi connectivity index (χ0) is 16.2. The number of anilines is 1. The molecule has 0 bridgehead atoms. The third-order valence-electron chi connectivity index (χ3n) is 2.89. The van der Waals surface area contributed by atoms with Crippen LogP contribution in [0.4, 0.5) is 18.9 Å². The highest BCUT2D eigenvalue weighted by atomic mass is 35.5. The summed E-state index contributed by atoms with van der Waals surface area (Å²) < 4.78 is 38.3. The predicted molar refractivity (Wildman–Crippen MR) is 87.2 cm³/mol. The molecule has 0 unspecified atom stereocenters. The maximum absolute atomic E-state index is 12.8. The molecule has 24 heavy (non-hydrogen) atoms. The number of benzene rings is 1. The summed E-state index contributed by atoms with van der Waals surface area (Å²) in [6.07, 6.45) is -2.80. The van der Waals surface area contributed by atoms with E-state index < -0.39 is 17.6 Å². The molecule has 0 saturated carbocycles. The van der Waals surface area contributed by atoms with Crippen LogP contribution in [0.3, 0.4) is 0 Å². The van der Waals surface area contributed by atoms with E-state index in [1.54, 1.807) is 0 Å². The van der Waals surface area contributed by atoms with Crippen molar-refractivity contribution in [1.29, 1.82) is 0 Å². The summed E-state index contributed by atoms with van der Waals surface area (Å²) in [6.45, 7) is -0.0507. The Labute approximate surface area is 148 Å². The zero-order valence-corrected chi connectivity index (χ0v) is 13.9. The highest BCUT2D eigenvalue weighted by Crippen LogP contribution is 2.32. The van der Waals surface area contributed by atoms with Gasteiger partial charge in [-0.3, -0.25) is 9.89 Å². The highest BCUT2D eigenvalue weighted by molar-refractivity contribution is 5.91. The Morgan fingerprint density at radius 3 is 2.50 bits per heavy atom. The molecule has 0 radical (unpaired) electrons. The Balaban J connectivity index is 0.00000264. The number of hydrogen-bond acceptors (Lipinski definition) is 4. The molecule has 0 spiro atoms. The van der Waals surface area contributed by atoms with Gasteiger partial charge in [-0.15, -0.1) is 24.8 Å². The average Bonchev–Trinajstić information content (AvgIpc) is 2.97. The summed E-state index contributed by atoms with van der Waals surface area (Å²) in [5.41, 5.74) is 4.90.